The summed E-state index contributed by atoms with van der Waals surface area (Å²) in [5, 5.41) is 3.47. The lowest BCUT2D eigenvalue weighted by Crippen LogP contribution is -2.41. The van der Waals surface area contributed by atoms with Crippen molar-refractivity contribution in [2.45, 2.75) is 12.8 Å². The Morgan fingerprint density at radius 1 is 1.20 bits per heavy atom. The molecule has 0 saturated carbocycles. The minimum atomic E-state index is -0.101. The number of likely N-dealkylation sites (tertiary alicyclic amines) is 1. The molecule has 2 aromatic rings. The number of halogens is 2. The summed E-state index contributed by atoms with van der Waals surface area (Å²) < 4.78 is 0.856. The Hall–Kier alpha value is -1.67. The van der Waals surface area contributed by atoms with Crippen LogP contribution < -0.4 is 5.32 Å². The predicted molar refractivity (Wildman–Crippen MR) is 106 cm³/mol. The second kappa shape index (κ2) is 8.14. The van der Waals surface area contributed by atoms with Crippen LogP contribution in [0.3, 0.4) is 0 Å². The highest BCUT2D eigenvalue weighted by molar-refractivity contribution is 14.1. The molecule has 1 aliphatic rings. The van der Waals surface area contributed by atoms with Crippen LogP contribution in [0.2, 0.25) is 5.02 Å². The molecule has 0 unspecified atom stereocenters. The first-order valence-corrected chi connectivity index (χ1v) is 9.46. The Bertz CT molecular complexity index is 777. The quantitative estimate of drug-likeness (QED) is 0.695. The molecule has 0 bridgehead atoms. The lowest BCUT2D eigenvalue weighted by molar-refractivity contribution is -0.121. The van der Waals surface area contributed by atoms with Gasteiger partial charge in [0, 0.05) is 34.3 Å². The van der Waals surface area contributed by atoms with Crippen molar-refractivity contribution in [2.24, 2.45) is 5.92 Å². The number of piperidine rings is 1. The van der Waals surface area contributed by atoms with Gasteiger partial charge in [-0.25, -0.2) is 4.98 Å². The average molecular weight is 470 g/mol. The van der Waals surface area contributed by atoms with E-state index in [1.807, 2.05) is 6.07 Å². The van der Waals surface area contributed by atoms with Crippen molar-refractivity contribution < 1.29 is 9.59 Å². The minimum Gasteiger partial charge on any atom is -0.339 e. The number of carbonyl (C=O) groups excluding carboxylic acids is 2. The zero-order valence-corrected chi connectivity index (χ0v) is 16.3. The molecule has 0 radical (unpaired) electrons. The zero-order chi connectivity index (χ0) is 17.8. The van der Waals surface area contributed by atoms with Gasteiger partial charge in [-0.1, -0.05) is 17.7 Å². The molecule has 0 spiro atoms. The van der Waals surface area contributed by atoms with Gasteiger partial charge >= 0.3 is 0 Å². The van der Waals surface area contributed by atoms with E-state index in [1.54, 1.807) is 41.4 Å². The van der Waals surface area contributed by atoms with E-state index in [0.29, 0.717) is 42.3 Å². The monoisotopic (exact) mass is 469 g/mol. The fourth-order valence-corrected chi connectivity index (χ4v) is 3.45. The van der Waals surface area contributed by atoms with Crippen LogP contribution in [0.25, 0.3) is 0 Å². The highest BCUT2D eigenvalue weighted by atomic mass is 127. The number of benzene rings is 1. The molecule has 2 heterocycles. The molecular weight excluding hydrogens is 453 g/mol. The van der Waals surface area contributed by atoms with Crippen molar-refractivity contribution in [1.82, 2.24) is 9.88 Å². The minimum absolute atomic E-state index is 0.0156. The topological polar surface area (TPSA) is 62.3 Å². The summed E-state index contributed by atoms with van der Waals surface area (Å²) in [6, 6.07) is 10.7. The Morgan fingerprint density at radius 3 is 2.60 bits per heavy atom. The summed E-state index contributed by atoms with van der Waals surface area (Å²) in [7, 11) is 0. The second-order valence-electron chi connectivity index (χ2n) is 5.90. The summed E-state index contributed by atoms with van der Waals surface area (Å²) in [6.07, 6.45) is 2.94. The third-order valence-electron chi connectivity index (χ3n) is 4.24. The molecule has 1 fully saturated rings. The van der Waals surface area contributed by atoms with Crippen molar-refractivity contribution in [1.29, 1.82) is 0 Å². The normalized spacial score (nSPS) is 15.0. The van der Waals surface area contributed by atoms with Crippen molar-refractivity contribution in [3.8, 4) is 0 Å². The van der Waals surface area contributed by atoms with Crippen LogP contribution in [0.15, 0.2) is 42.6 Å². The van der Waals surface area contributed by atoms with Crippen LogP contribution >= 0.6 is 34.2 Å². The molecule has 7 heteroatoms. The molecular formula is C18H17ClIN3O2. The average Bonchev–Trinajstić information content (AvgIpc) is 2.64. The molecule has 1 saturated heterocycles. The van der Waals surface area contributed by atoms with E-state index in [2.05, 4.69) is 32.9 Å². The van der Waals surface area contributed by atoms with Crippen molar-refractivity contribution in [2.75, 3.05) is 18.4 Å². The van der Waals surface area contributed by atoms with Crippen LogP contribution in [0.4, 0.5) is 5.82 Å². The van der Waals surface area contributed by atoms with Gasteiger partial charge in [0.2, 0.25) is 5.91 Å². The Morgan fingerprint density at radius 2 is 1.96 bits per heavy atom. The maximum atomic E-state index is 12.6. The van der Waals surface area contributed by atoms with E-state index >= 15 is 0 Å². The molecule has 0 aliphatic carbocycles. The van der Waals surface area contributed by atoms with Crippen LogP contribution in [0.1, 0.15) is 23.2 Å². The molecule has 130 valence electrons. The smallest absolute Gasteiger partial charge is 0.253 e. The predicted octanol–water partition coefficient (Wildman–Crippen LogP) is 3.83. The number of rotatable bonds is 3. The van der Waals surface area contributed by atoms with Gasteiger partial charge in [0.05, 0.1) is 5.02 Å². The lowest BCUT2D eigenvalue weighted by atomic mass is 9.95. The molecule has 1 aromatic heterocycles. The first kappa shape index (κ1) is 18.1. The largest absolute Gasteiger partial charge is 0.339 e. The van der Waals surface area contributed by atoms with Crippen LogP contribution in [0, 0.1) is 9.49 Å². The summed E-state index contributed by atoms with van der Waals surface area (Å²) in [4.78, 5) is 30.8. The van der Waals surface area contributed by atoms with Gasteiger partial charge in [0.15, 0.2) is 0 Å². The molecule has 3 rings (SSSR count). The van der Waals surface area contributed by atoms with Crippen LogP contribution in [0.5, 0.6) is 0 Å². The van der Waals surface area contributed by atoms with Gasteiger partial charge in [0.25, 0.3) is 5.91 Å². The number of nitrogens with one attached hydrogen (secondary N) is 1. The number of carbonyl (C=O) groups is 2. The standard InChI is InChI=1S/C18H17ClIN3O2/c19-14-5-4-13(11-15(14)20)18(25)23-9-6-12(7-10-23)17(24)22-16-3-1-2-8-21-16/h1-5,8,11-12H,6-7,9-10H2,(H,21,22,24). The summed E-state index contributed by atoms with van der Waals surface area (Å²) in [5.74, 6) is 0.406. The van der Waals surface area contributed by atoms with Crippen molar-refractivity contribution >= 4 is 51.8 Å². The highest BCUT2D eigenvalue weighted by Gasteiger charge is 2.28. The lowest BCUT2D eigenvalue weighted by Gasteiger charge is -2.31. The first-order valence-electron chi connectivity index (χ1n) is 8.01. The maximum absolute atomic E-state index is 12.6. The van der Waals surface area contributed by atoms with Gasteiger partial charge in [-0.15, -0.1) is 0 Å². The number of aromatic nitrogens is 1. The number of amides is 2. The van der Waals surface area contributed by atoms with E-state index in [-0.39, 0.29) is 17.7 Å². The van der Waals surface area contributed by atoms with Gasteiger partial charge in [-0.3, -0.25) is 9.59 Å². The van der Waals surface area contributed by atoms with Gasteiger partial charge in [-0.2, -0.15) is 0 Å². The van der Waals surface area contributed by atoms with Crippen LogP contribution in [-0.2, 0) is 4.79 Å². The molecule has 1 N–H and O–H groups in total. The SMILES string of the molecule is O=C(Nc1ccccn1)C1CCN(C(=O)c2ccc(Cl)c(I)c2)CC1. The highest BCUT2D eigenvalue weighted by Crippen LogP contribution is 2.23. The Labute approximate surface area is 164 Å². The molecule has 5 nitrogen and oxygen atoms in total. The number of anilines is 1. The fraction of sp³-hybridized carbons (Fsp3) is 0.278. The molecule has 2 amide bonds. The second-order valence-corrected chi connectivity index (χ2v) is 7.47. The molecule has 1 aromatic carbocycles. The van der Waals surface area contributed by atoms with E-state index in [0.717, 1.165) is 3.57 Å². The van der Waals surface area contributed by atoms with Gasteiger partial charge in [-0.05, 0) is 65.8 Å². The number of hydrogen-bond acceptors (Lipinski definition) is 3. The van der Waals surface area contributed by atoms with E-state index in [4.69, 9.17) is 11.6 Å². The van der Waals surface area contributed by atoms with E-state index < -0.39 is 0 Å². The molecule has 0 atom stereocenters. The number of pyridine rings is 1. The molecule has 1 aliphatic heterocycles. The van der Waals surface area contributed by atoms with Gasteiger partial charge in [0.1, 0.15) is 5.82 Å². The van der Waals surface area contributed by atoms with Crippen LogP contribution in [-0.4, -0.2) is 34.8 Å². The van der Waals surface area contributed by atoms with Crippen molar-refractivity contribution in [3.05, 3.63) is 56.8 Å². The third kappa shape index (κ3) is 4.49. The van der Waals surface area contributed by atoms with E-state index in [9.17, 15) is 9.59 Å². The number of nitrogens with zero attached hydrogens (tertiary/aromatic N) is 2. The first-order chi connectivity index (χ1) is 12.0. The van der Waals surface area contributed by atoms with Gasteiger partial charge < -0.3 is 10.2 Å². The summed E-state index contributed by atoms with van der Waals surface area (Å²) >= 11 is 8.12. The van der Waals surface area contributed by atoms with E-state index in [1.165, 1.54) is 0 Å². The Kier molecular flexibility index (Phi) is 5.90. The summed E-state index contributed by atoms with van der Waals surface area (Å²) in [6.45, 7) is 1.14. The maximum Gasteiger partial charge on any atom is 0.253 e. The Balaban J connectivity index is 1.57. The number of hydrogen-bond donors (Lipinski definition) is 1. The third-order valence-corrected chi connectivity index (χ3v) is 5.78. The molecule has 25 heavy (non-hydrogen) atoms. The fourth-order valence-electron chi connectivity index (χ4n) is 2.82. The summed E-state index contributed by atoms with van der Waals surface area (Å²) in [5.41, 5.74) is 0.630. The van der Waals surface area contributed by atoms with Crippen molar-refractivity contribution in [3.63, 3.8) is 0 Å². The zero-order valence-electron chi connectivity index (χ0n) is 13.4.